The van der Waals surface area contributed by atoms with E-state index in [1.54, 1.807) is 50.4 Å². The maximum atomic E-state index is 13.3. The van der Waals surface area contributed by atoms with Crippen LogP contribution >= 0.6 is 11.3 Å². The van der Waals surface area contributed by atoms with Crippen LogP contribution in [-0.4, -0.2) is 34.0 Å². The first-order chi connectivity index (χ1) is 15.9. The van der Waals surface area contributed by atoms with Crippen LogP contribution in [0, 0.1) is 6.92 Å². The fourth-order valence-electron chi connectivity index (χ4n) is 3.82. The molecule has 0 bridgehead atoms. The average Bonchev–Trinajstić information content (AvgIpc) is 3.49. The molecule has 1 unspecified atom stereocenters. The lowest BCUT2D eigenvalue weighted by Crippen LogP contribution is -2.30. The second-order valence-corrected chi connectivity index (χ2v) is 8.51. The molecule has 166 valence electrons. The Hall–Kier alpha value is -4.11. The van der Waals surface area contributed by atoms with Crippen LogP contribution in [-0.2, 0) is 4.79 Å². The number of ether oxygens (including phenoxy) is 1. The van der Waals surface area contributed by atoms with Crippen molar-refractivity contribution in [2.75, 3.05) is 12.0 Å². The van der Waals surface area contributed by atoms with E-state index in [1.807, 2.05) is 0 Å². The molecule has 0 fully saturated rings. The van der Waals surface area contributed by atoms with Gasteiger partial charge in [0.15, 0.2) is 16.7 Å². The van der Waals surface area contributed by atoms with Gasteiger partial charge in [0.2, 0.25) is 5.78 Å². The second kappa shape index (κ2) is 7.79. The number of amides is 1. The SMILES string of the molecule is COc1ccc2nc(N3C(=O)C(O)=C(C(=O)c4ccc(C)o4)C3c3ccc(O)cc3)sc2c1. The maximum absolute atomic E-state index is 13.3. The molecule has 4 aromatic rings. The van der Waals surface area contributed by atoms with E-state index < -0.39 is 23.5 Å². The Morgan fingerprint density at radius 2 is 1.88 bits per heavy atom. The standard InChI is InChI=1S/C24H18N2O6S/c1-12-3-10-17(32-12)21(28)19-20(13-4-6-14(27)7-5-13)26(23(30)22(19)29)24-25-16-9-8-15(31-2)11-18(16)33-24/h3-11,20,27,29H,1-2H3. The molecule has 2 N–H and O–H groups in total. The Balaban J connectivity index is 1.66. The van der Waals surface area contributed by atoms with E-state index in [1.165, 1.54) is 34.4 Å². The third kappa shape index (κ3) is 3.42. The molecule has 1 aliphatic rings. The summed E-state index contributed by atoms with van der Waals surface area (Å²) in [5.74, 6) is -0.788. The van der Waals surface area contributed by atoms with Gasteiger partial charge < -0.3 is 19.4 Å². The zero-order valence-electron chi connectivity index (χ0n) is 17.6. The Labute approximate surface area is 192 Å². The molecule has 5 rings (SSSR count). The first kappa shape index (κ1) is 20.8. The number of furan rings is 1. The van der Waals surface area contributed by atoms with Gasteiger partial charge in [-0.2, -0.15) is 0 Å². The van der Waals surface area contributed by atoms with Crippen LogP contribution in [0.2, 0.25) is 0 Å². The van der Waals surface area contributed by atoms with E-state index in [-0.39, 0.29) is 17.1 Å². The van der Waals surface area contributed by atoms with Crippen LogP contribution in [0.3, 0.4) is 0 Å². The Morgan fingerprint density at radius 1 is 1.12 bits per heavy atom. The highest BCUT2D eigenvalue weighted by atomic mass is 32.1. The molecule has 8 nitrogen and oxygen atoms in total. The number of thiazole rings is 1. The van der Waals surface area contributed by atoms with Gasteiger partial charge in [-0.1, -0.05) is 23.5 Å². The molecule has 33 heavy (non-hydrogen) atoms. The number of carbonyl (C=O) groups excluding carboxylic acids is 2. The number of aromatic hydroxyl groups is 1. The number of aryl methyl sites for hydroxylation is 1. The fraction of sp³-hybridized carbons (Fsp3) is 0.125. The second-order valence-electron chi connectivity index (χ2n) is 7.50. The molecule has 0 spiro atoms. The van der Waals surface area contributed by atoms with E-state index in [0.717, 1.165) is 4.70 Å². The molecule has 0 aliphatic carbocycles. The summed E-state index contributed by atoms with van der Waals surface area (Å²) >= 11 is 1.24. The molecular weight excluding hydrogens is 444 g/mol. The number of aliphatic hydroxyl groups is 1. The minimum Gasteiger partial charge on any atom is -0.508 e. The van der Waals surface area contributed by atoms with Gasteiger partial charge in [0, 0.05) is 0 Å². The third-order valence-electron chi connectivity index (χ3n) is 5.42. The van der Waals surface area contributed by atoms with Crippen LogP contribution in [0.25, 0.3) is 10.2 Å². The highest BCUT2D eigenvalue weighted by Crippen LogP contribution is 2.44. The van der Waals surface area contributed by atoms with Crippen molar-refractivity contribution in [1.29, 1.82) is 0 Å². The van der Waals surface area contributed by atoms with Crippen LogP contribution in [0.1, 0.15) is 27.9 Å². The molecule has 2 aromatic carbocycles. The summed E-state index contributed by atoms with van der Waals surface area (Å²) in [5.41, 5.74) is 1.06. The van der Waals surface area contributed by atoms with E-state index >= 15 is 0 Å². The van der Waals surface area contributed by atoms with Crippen LogP contribution in [0.5, 0.6) is 11.5 Å². The van der Waals surface area contributed by atoms with Gasteiger partial charge in [0.05, 0.1) is 28.9 Å². The Kier molecular flexibility index (Phi) is 4.90. The smallest absolute Gasteiger partial charge is 0.296 e. The number of benzene rings is 2. The number of carbonyl (C=O) groups is 2. The first-order valence-electron chi connectivity index (χ1n) is 9.98. The zero-order valence-corrected chi connectivity index (χ0v) is 18.4. The van der Waals surface area contributed by atoms with Crippen LogP contribution in [0.4, 0.5) is 5.13 Å². The summed E-state index contributed by atoms with van der Waals surface area (Å²) in [4.78, 5) is 32.4. The summed E-state index contributed by atoms with van der Waals surface area (Å²) in [6.45, 7) is 1.70. The van der Waals surface area contributed by atoms with Crippen molar-refractivity contribution in [3.63, 3.8) is 0 Å². The molecule has 9 heteroatoms. The van der Waals surface area contributed by atoms with Gasteiger partial charge in [-0.15, -0.1) is 0 Å². The summed E-state index contributed by atoms with van der Waals surface area (Å²) in [6, 6.07) is 13.6. The number of Topliss-reactive ketones (excluding diaryl/α,β-unsaturated/α-hetero) is 1. The topological polar surface area (TPSA) is 113 Å². The number of phenolic OH excluding ortho intramolecular Hbond substituents is 1. The quantitative estimate of drug-likeness (QED) is 0.414. The Morgan fingerprint density at radius 3 is 2.55 bits per heavy atom. The minimum atomic E-state index is -0.960. The largest absolute Gasteiger partial charge is 0.508 e. The van der Waals surface area contributed by atoms with Crippen molar-refractivity contribution in [3.8, 4) is 11.5 Å². The number of aliphatic hydroxyl groups excluding tert-OH is 1. The number of rotatable bonds is 5. The number of ketones is 1. The zero-order chi connectivity index (χ0) is 23.3. The molecule has 1 aliphatic heterocycles. The number of hydrogen-bond donors (Lipinski definition) is 2. The van der Waals surface area contributed by atoms with Gasteiger partial charge in [-0.25, -0.2) is 4.98 Å². The molecule has 1 amide bonds. The maximum Gasteiger partial charge on any atom is 0.296 e. The van der Waals surface area contributed by atoms with Gasteiger partial charge in [-0.3, -0.25) is 14.5 Å². The number of phenols is 1. The minimum absolute atomic E-state index is 0.0153. The summed E-state index contributed by atoms with van der Waals surface area (Å²) in [7, 11) is 1.56. The predicted octanol–water partition coefficient (Wildman–Crippen LogP) is 4.69. The molecular formula is C24H18N2O6S. The van der Waals surface area contributed by atoms with Crippen molar-refractivity contribution in [2.24, 2.45) is 0 Å². The van der Waals surface area contributed by atoms with Crippen LogP contribution < -0.4 is 9.64 Å². The van der Waals surface area contributed by atoms with Crippen molar-refractivity contribution < 1.29 is 29.0 Å². The number of fused-ring (bicyclic) bond motifs is 1. The predicted molar refractivity (Wildman–Crippen MR) is 122 cm³/mol. The van der Waals surface area contributed by atoms with Gasteiger partial charge >= 0.3 is 0 Å². The van der Waals surface area contributed by atoms with Crippen molar-refractivity contribution >= 4 is 38.4 Å². The number of methoxy groups -OCH3 is 1. The number of aromatic nitrogens is 1. The van der Waals surface area contributed by atoms with E-state index in [4.69, 9.17) is 9.15 Å². The lowest BCUT2D eigenvalue weighted by molar-refractivity contribution is -0.117. The van der Waals surface area contributed by atoms with Crippen LogP contribution in [0.15, 0.2) is 70.3 Å². The molecule has 1 atom stereocenters. The molecule has 0 saturated heterocycles. The number of nitrogens with zero attached hydrogens (tertiary/aromatic N) is 2. The summed E-state index contributed by atoms with van der Waals surface area (Å²) in [5, 5.41) is 20.9. The molecule has 0 radical (unpaired) electrons. The normalized spacial score (nSPS) is 16.1. The van der Waals surface area contributed by atoms with Crippen molar-refractivity contribution in [1.82, 2.24) is 4.98 Å². The van der Waals surface area contributed by atoms with E-state index in [9.17, 15) is 19.8 Å². The monoisotopic (exact) mass is 462 g/mol. The highest BCUT2D eigenvalue weighted by Gasteiger charge is 2.46. The van der Waals surface area contributed by atoms with Gasteiger partial charge in [0.1, 0.15) is 17.3 Å². The Bertz CT molecular complexity index is 1430. The average molecular weight is 462 g/mol. The van der Waals surface area contributed by atoms with E-state index in [2.05, 4.69) is 4.98 Å². The van der Waals surface area contributed by atoms with Gasteiger partial charge in [-0.05, 0) is 55.0 Å². The summed E-state index contributed by atoms with van der Waals surface area (Å²) < 4.78 is 11.5. The summed E-state index contributed by atoms with van der Waals surface area (Å²) in [6.07, 6.45) is 0. The van der Waals surface area contributed by atoms with E-state index in [0.29, 0.717) is 27.7 Å². The molecule has 3 heterocycles. The molecule has 2 aromatic heterocycles. The van der Waals surface area contributed by atoms with Crippen molar-refractivity contribution in [2.45, 2.75) is 13.0 Å². The third-order valence-corrected chi connectivity index (χ3v) is 6.43. The highest BCUT2D eigenvalue weighted by molar-refractivity contribution is 7.22. The number of anilines is 1. The van der Waals surface area contributed by atoms with Crippen molar-refractivity contribution in [3.05, 3.63) is 83.0 Å². The number of hydrogen-bond acceptors (Lipinski definition) is 8. The van der Waals surface area contributed by atoms with Gasteiger partial charge in [0.25, 0.3) is 5.91 Å². The molecule has 0 saturated carbocycles. The lowest BCUT2D eigenvalue weighted by atomic mass is 9.95. The fourth-order valence-corrected chi connectivity index (χ4v) is 4.84. The lowest BCUT2D eigenvalue weighted by Gasteiger charge is -2.24. The first-order valence-corrected chi connectivity index (χ1v) is 10.8.